The zero-order chi connectivity index (χ0) is 23.5. The highest BCUT2D eigenvalue weighted by molar-refractivity contribution is 6.47. The second kappa shape index (κ2) is 10.1. The third kappa shape index (κ3) is 4.87. The van der Waals surface area contributed by atoms with Crippen LogP contribution in [0.5, 0.6) is 5.75 Å². The first-order valence-corrected chi connectivity index (χ1v) is 11.3. The molecule has 2 saturated heterocycles. The zero-order valence-electron chi connectivity index (χ0n) is 18.1. The minimum atomic E-state index is -0.835. The number of morpholine rings is 1. The van der Waals surface area contributed by atoms with Gasteiger partial charge in [0.1, 0.15) is 11.5 Å². The number of carbonyl (C=O) groups is 2. The first-order chi connectivity index (χ1) is 15.9. The molecule has 0 spiro atoms. The van der Waals surface area contributed by atoms with Gasteiger partial charge in [0.25, 0.3) is 11.7 Å². The van der Waals surface area contributed by atoms with Gasteiger partial charge < -0.3 is 19.5 Å². The molecule has 2 fully saturated rings. The summed E-state index contributed by atoms with van der Waals surface area (Å²) in [6.45, 7) is 3.63. The van der Waals surface area contributed by atoms with E-state index in [1.165, 1.54) is 12.0 Å². The van der Waals surface area contributed by atoms with E-state index >= 15 is 0 Å². The predicted octanol–water partition coefficient (Wildman–Crippen LogP) is 3.76. The molecular formula is C24H24Cl2N2O5. The number of aliphatic hydroxyl groups excluding tert-OH is 1. The number of nitrogens with zero attached hydrogens (tertiary/aromatic N) is 2. The molecule has 0 radical (unpaired) electrons. The molecule has 2 heterocycles. The molecule has 0 saturated carbocycles. The fourth-order valence-electron chi connectivity index (χ4n) is 4.14. The van der Waals surface area contributed by atoms with E-state index in [4.69, 9.17) is 32.7 Å². The molecule has 174 valence electrons. The lowest BCUT2D eigenvalue weighted by Crippen LogP contribution is -2.42. The number of benzene rings is 2. The van der Waals surface area contributed by atoms with Gasteiger partial charge in [-0.05, 0) is 42.0 Å². The fraction of sp³-hybridized carbons (Fsp3) is 0.333. The van der Waals surface area contributed by atoms with Gasteiger partial charge >= 0.3 is 0 Å². The lowest BCUT2D eigenvalue weighted by Gasteiger charge is -2.31. The molecule has 1 atom stereocenters. The van der Waals surface area contributed by atoms with Crippen LogP contribution in [-0.2, 0) is 14.3 Å². The Bertz CT molecular complexity index is 1080. The van der Waals surface area contributed by atoms with Crippen LogP contribution < -0.4 is 4.74 Å². The van der Waals surface area contributed by atoms with Crippen LogP contribution in [0.3, 0.4) is 0 Å². The van der Waals surface area contributed by atoms with Crippen molar-refractivity contribution in [3.63, 3.8) is 0 Å². The van der Waals surface area contributed by atoms with Crippen molar-refractivity contribution >= 4 is 40.7 Å². The van der Waals surface area contributed by atoms with Crippen LogP contribution in [0, 0.1) is 0 Å². The van der Waals surface area contributed by atoms with Crippen LogP contribution >= 0.6 is 23.2 Å². The molecule has 0 aromatic heterocycles. The largest absolute Gasteiger partial charge is 0.507 e. The maximum Gasteiger partial charge on any atom is 0.295 e. The molecule has 2 aliphatic rings. The van der Waals surface area contributed by atoms with Gasteiger partial charge in [0.05, 0.1) is 31.9 Å². The first kappa shape index (κ1) is 23.6. The summed E-state index contributed by atoms with van der Waals surface area (Å²) in [5.74, 6) is -1.08. The van der Waals surface area contributed by atoms with Gasteiger partial charge in [-0.15, -0.1) is 0 Å². The van der Waals surface area contributed by atoms with Crippen molar-refractivity contribution in [2.24, 2.45) is 0 Å². The molecule has 33 heavy (non-hydrogen) atoms. The van der Waals surface area contributed by atoms with E-state index in [0.29, 0.717) is 53.2 Å². The smallest absolute Gasteiger partial charge is 0.295 e. The van der Waals surface area contributed by atoms with Gasteiger partial charge in [0.15, 0.2) is 0 Å². The van der Waals surface area contributed by atoms with Gasteiger partial charge in [-0.2, -0.15) is 0 Å². The Hall–Kier alpha value is -2.58. The average Bonchev–Trinajstić information content (AvgIpc) is 3.07. The maximum absolute atomic E-state index is 13.1. The molecule has 0 unspecified atom stereocenters. The topological polar surface area (TPSA) is 79.3 Å². The number of amides is 1. The van der Waals surface area contributed by atoms with Crippen LogP contribution in [0.25, 0.3) is 5.76 Å². The fourth-order valence-corrected chi connectivity index (χ4v) is 4.65. The van der Waals surface area contributed by atoms with E-state index in [-0.39, 0.29) is 11.3 Å². The summed E-state index contributed by atoms with van der Waals surface area (Å²) in [7, 11) is 1.54. The van der Waals surface area contributed by atoms with Crippen molar-refractivity contribution in [3.8, 4) is 5.75 Å². The van der Waals surface area contributed by atoms with E-state index in [0.717, 1.165) is 13.1 Å². The van der Waals surface area contributed by atoms with E-state index in [9.17, 15) is 14.7 Å². The van der Waals surface area contributed by atoms with Crippen LogP contribution in [0.1, 0.15) is 17.2 Å². The van der Waals surface area contributed by atoms with Crippen LogP contribution in [0.4, 0.5) is 0 Å². The van der Waals surface area contributed by atoms with Crippen LogP contribution in [-0.4, -0.2) is 73.1 Å². The molecule has 7 nitrogen and oxygen atoms in total. The number of halogens is 2. The Morgan fingerprint density at radius 3 is 2.42 bits per heavy atom. The number of carbonyl (C=O) groups excluding carboxylic acids is 2. The number of rotatable bonds is 6. The Balaban J connectivity index is 1.76. The normalized spacial score (nSPS) is 20.9. The van der Waals surface area contributed by atoms with E-state index < -0.39 is 17.7 Å². The molecule has 4 rings (SSSR count). The molecule has 2 aromatic carbocycles. The monoisotopic (exact) mass is 490 g/mol. The number of likely N-dealkylation sites (tertiary alicyclic amines) is 1. The van der Waals surface area contributed by atoms with E-state index in [1.54, 1.807) is 42.5 Å². The maximum atomic E-state index is 13.1. The molecule has 2 aliphatic heterocycles. The van der Waals surface area contributed by atoms with E-state index in [2.05, 4.69) is 4.90 Å². The Morgan fingerprint density at radius 2 is 1.79 bits per heavy atom. The summed E-state index contributed by atoms with van der Waals surface area (Å²) in [6.07, 6.45) is 0. The van der Waals surface area contributed by atoms with Gasteiger partial charge in [-0.1, -0.05) is 29.3 Å². The standard InChI is InChI=1S/C24H24Cl2N2O5/c1-32-17-5-2-15(3-6-17)22(29)20-21(18-7-4-16(25)14-19(18)26)28(24(31)23(20)30)9-8-27-10-12-33-13-11-27/h2-7,14,21,29H,8-13H2,1H3/b22-20+/t21-/m1/s1. The van der Waals surface area contributed by atoms with Gasteiger partial charge in [0, 0.05) is 41.8 Å². The second-order valence-corrected chi connectivity index (χ2v) is 8.68. The minimum Gasteiger partial charge on any atom is -0.507 e. The lowest BCUT2D eigenvalue weighted by atomic mass is 9.95. The van der Waals surface area contributed by atoms with Crippen molar-refractivity contribution < 1.29 is 24.2 Å². The molecule has 1 amide bonds. The Kier molecular flexibility index (Phi) is 7.24. The third-order valence-corrected chi connectivity index (χ3v) is 6.48. The number of hydrogen-bond acceptors (Lipinski definition) is 6. The highest BCUT2D eigenvalue weighted by Gasteiger charge is 2.46. The van der Waals surface area contributed by atoms with Crippen LogP contribution in [0.2, 0.25) is 10.0 Å². The first-order valence-electron chi connectivity index (χ1n) is 10.6. The number of Topliss-reactive ketones (excluding diaryl/α,β-unsaturated/α-hetero) is 1. The van der Waals surface area contributed by atoms with Gasteiger partial charge in [-0.25, -0.2) is 0 Å². The third-order valence-electron chi connectivity index (χ3n) is 5.92. The highest BCUT2D eigenvalue weighted by atomic mass is 35.5. The number of hydrogen-bond donors (Lipinski definition) is 1. The lowest BCUT2D eigenvalue weighted by molar-refractivity contribution is -0.140. The SMILES string of the molecule is COc1ccc(/C(O)=C2\C(=O)C(=O)N(CCN3CCOCC3)[C@@H]2c2ccc(Cl)cc2Cl)cc1. The van der Waals surface area contributed by atoms with Crippen molar-refractivity contribution in [2.75, 3.05) is 46.5 Å². The predicted molar refractivity (Wildman–Crippen MR) is 126 cm³/mol. The Morgan fingerprint density at radius 1 is 1.09 bits per heavy atom. The summed E-state index contributed by atoms with van der Waals surface area (Å²) in [4.78, 5) is 29.9. The molecule has 0 aliphatic carbocycles. The summed E-state index contributed by atoms with van der Waals surface area (Å²) >= 11 is 12.6. The van der Waals surface area contributed by atoms with Gasteiger partial charge in [0.2, 0.25) is 0 Å². The van der Waals surface area contributed by atoms with Crippen molar-refractivity contribution in [2.45, 2.75) is 6.04 Å². The Labute approximate surface area is 202 Å². The number of ketones is 1. The molecular weight excluding hydrogens is 467 g/mol. The molecule has 9 heteroatoms. The average molecular weight is 491 g/mol. The highest BCUT2D eigenvalue weighted by Crippen LogP contribution is 2.42. The van der Waals surface area contributed by atoms with Gasteiger partial charge in [-0.3, -0.25) is 14.5 Å². The molecule has 1 N–H and O–H groups in total. The number of methoxy groups -OCH3 is 1. The van der Waals surface area contributed by atoms with Crippen molar-refractivity contribution in [1.29, 1.82) is 0 Å². The number of ether oxygens (including phenoxy) is 2. The zero-order valence-corrected chi connectivity index (χ0v) is 19.6. The van der Waals surface area contributed by atoms with Crippen molar-refractivity contribution in [1.82, 2.24) is 9.80 Å². The summed E-state index contributed by atoms with van der Waals surface area (Å²) in [5.41, 5.74) is 0.922. The summed E-state index contributed by atoms with van der Waals surface area (Å²) in [6, 6.07) is 10.7. The second-order valence-electron chi connectivity index (χ2n) is 7.84. The minimum absolute atomic E-state index is 0.00336. The molecule has 0 bridgehead atoms. The van der Waals surface area contributed by atoms with Crippen LogP contribution in [0.15, 0.2) is 48.0 Å². The summed E-state index contributed by atoms with van der Waals surface area (Å²) < 4.78 is 10.6. The van der Waals surface area contributed by atoms with Crippen molar-refractivity contribution in [3.05, 3.63) is 69.2 Å². The van der Waals surface area contributed by atoms with E-state index in [1.807, 2.05) is 0 Å². The number of aliphatic hydroxyl groups is 1. The summed E-state index contributed by atoms with van der Waals surface area (Å²) in [5, 5.41) is 11.9. The quantitative estimate of drug-likeness (QED) is 0.377. The molecule has 2 aromatic rings.